The topological polar surface area (TPSA) is 59.8 Å². The van der Waals surface area contributed by atoms with Crippen molar-refractivity contribution in [1.82, 2.24) is 14.8 Å². The molecule has 2 aromatic heterocycles. The van der Waals surface area contributed by atoms with Gasteiger partial charge >= 0.3 is 0 Å². The standard InChI is InChI=1S/C15H10Cl2N4O/c16-10-2-4-13(17)12(8-10)15(22)20-11-3-5-14(18-9-11)21-7-1-6-19-21/h1-9H,(H,20,22). The van der Waals surface area contributed by atoms with Crippen molar-refractivity contribution in [3.63, 3.8) is 0 Å². The van der Waals surface area contributed by atoms with Crippen molar-refractivity contribution in [3.8, 4) is 5.82 Å². The fraction of sp³-hybridized carbons (Fsp3) is 0. The van der Waals surface area contributed by atoms with Gasteiger partial charge in [-0.3, -0.25) is 4.79 Å². The van der Waals surface area contributed by atoms with Gasteiger partial charge in [0.05, 0.1) is 22.5 Å². The summed E-state index contributed by atoms with van der Waals surface area (Å²) in [6.07, 6.45) is 5.00. The number of anilines is 1. The molecule has 7 heteroatoms. The van der Waals surface area contributed by atoms with Gasteiger partial charge in [-0.25, -0.2) is 9.67 Å². The van der Waals surface area contributed by atoms with Gasteiger partial charge < -0.3 is 5.32 Å². The predicted octanol–water partition coefficient (Wildman–Crippen LogP) is 3.83. The molecule has 2 heterocycles. The van der Waals surface area contributed by atoms with Crippen molar-refractivity contribution in [2.75, 3.05) is 5.32 Å². The molecular formula is C15H10Cl2N4O. The molecule has 5 nitrogen and oxygen atoms in total. The first-order valence-electron chi connectivity index (χ1n) is 6.36. The first-order valence-corrected chi connectivity index (χ1v) is 7.11. The normalized spacial score (nSPS) is 10.5. The number of benzene rings is 1. The molecule has 0 aliphatic heterocycles. The Hall–Kier alpha value is -2.37. The van der Waals surface area contributed by atoms with Crippen LogP contribution in [0.15, 0.2) is 55.0 Å². The van der Waals surface area contributed by atoms with Crippen LogP contribution in [-0.2, 0) is 0 Å². The number of nitrogens with zero attached hydrogens (tertiary/aromatic N) is 3. The van der Waals surface area contributed by atoms with E-state index >= 15 is 0 Å². The second-order valence-corrected chi connectivity index (χ2v) is 5.28. The molecule has 1 N–H and O–H groups in total. The van der Waals surface area contributed by atoms with Crippen LogP contribution in [0.1, 0.15) is 10.4 Å². The van der Waals surface area contributed by atoms with Gasteiger partial charge in [0.2, 0.25) is 0 Å². The average molecular weight is 333 g/mol. The third-order valence-electron chi connectivity index (χ3n) is 2.92. The maximum Gasteiger partial charge on any atom is 0.257 e. The Bertz CT molecular complexity index is 801. The van der Waals surface area contributed by atoms with E-state index in [4.69, 9.17) is 23.2 Å². The maximum absolute atomic E-state index is 12.2. The summed E-state index contributed by atoms with van der Waals surface area (Å²) in [6.45, 7) is 0. The largest absolute Gasteiger partial charge is 0.321 e. The van der Waals surface area contributed by atoms with Crippen LogP contribution < -0.4 is 5.32 Å². The number of carbonyl (C=O) groups excluding carboxylic acids is 1. The quantitative estimate of drug-likeness (QED) is 0.792. The Kier molecular flexibility index (Phi) is 4.09. The Morgan fingerprint density at radius 3 is 2.73 bits per heavy atom. The van der Waals surface area contributed by atoms with E-state index in [-0.39, 0.29) is 5.91 Å². The van der Waals surface area contributed by atoms with Gasteiger partial charge in [-0.1, -0.05) is 23.2 Å². The third kappa shape index (κ3) is 3.10. The third-order valence-corrected chi connectivity index (χ3v) is 3.48. The Morgan fingerprint density at radius 1 is 1.18 bits per heavy atom. The summed E-state index contributed by atoms with van der Waals surface area (Å²) in [5.41, 5.74) is 0.863. The van der Waals surface area contributed by atoms with E-state index in [0.29, 0.717) is 27.1 Å². The first kappa shape index (κ1) is 14.6. The number of rotatable bonds is 3. The molecule has 0 fully saturated rings. The highest BCUT2D eigenvalue weighted by Crippen LogP contribution is 2.21. The van der Waals surface area contributed by atoms with E-state index in [9.17, 15) is 4.79 Å². The predicted molar refractivity (Wildman–Crippen MR) is 85.8 cm³/mol. The molecule has 0 aliphatic rings. The second-order valence-electron chi connectivity index (χ2n) is 4.43. The Morgan fingerprint density at radius 2 is 2.05 bits per heavy atom. The van der Waals surface area contributed by atoms with Gasteiger partial charge in [0.1, 0.15) is 0 Å². The summed E-state index contributed by atoms with van der Waals surface area (Å²) in [5.74, 6) is 0.310. The van der Waals surface area contributed by atoms with Crippen molar-refractivity contribution in [2.24, 2.45) is 0 Å². The van der Waals surface area contributed by atoms with Crippen LogP contribution in [0.5, 0.6) is 0 Å². The molecule has 0 atom stereocenters. The van der Waals surface area contributed by atoms with Gasteiger partial charge in [0, 0.05) is 17.4 Å². The van der Waals surface area contributed by atoms with Crippen LogP contribution in [0, 0.1) is 0 Å². The van der Waals surface area contributed by atoms with Crippen molar-refractivity contribution >= 4 is 34.8 Å². The lowest BCUT2D eigenvalue weighted by Crippen LogP contribution is -2.13. The summed E-state index contributed by atoms with van der Waals surface area (Å²) in [5, 5.41) is 7.59. The van der Waals surface area contributed by atoms with Crippen LogP contribution >= 0.6 is 23.2 Å². The van der Waals surface area contributed by atoms with E-state index in [1.165, 1.54) is 6.07 Å². The fourth-order valence-electron chi connectivity index (χ4n) is 1.87. The number of carbonyl (C=O) groups is 1. The van der Waals surface area contributed by atoms with Crippen LogP contribution in [0.2, 0.25) is 10.0 Å². The molecule has 0 radical (unpaired) electrons. The number of hydrogen-bond donors (Lipinski definition) is 1. The van der Waals surface area contributed by atoms with Crippen LogP contribution in [0.4, 0.5) is 5.69 Å². The highest BCUT2D eigenvalue weighted by molar-refractivity contribution is 6.36. The van der Waals surface area contributed by atoms with Gasteiger partial charge in [-0.2, -0.15) is 5.10 Å². The fourth-order valence-corrected chi connectivity index (χ4v) is 2.25. The highest BCUT2D eigenvalue weighted by Gasteiger charge is 2.11. The Labute approximate surface area is 136 Å². The lowest BCUT2D eigenvalue weighted by Gasteiger charge is -2.07. The molecular weight excluding hydrogens is 323 g/mol. The van der Waals surface area contributed by atoms with Gasteiger partial charge in [0.25, 0.3) is 5.91 Å². The molecule has 0 bridgehead atoms. The molecule has 0 unspecified atom stereocenters. The number of aromatic nitrogens is 3. The van der Waals surface area contributed by atoms with Crippen LogP contribution in [0.25, 0.3) is 5.82 Å². The smallest absolute Gasteiger partial charge is 0.257 e. The zero-order chi connectivity index (χ0) is 15.5. The van der Waals surface area contributed by atoms with E-state index in [2.05, 4.69) is 15.4 Å². The van der Waals surface area contributed by atoms with E-state index in [1.807, 2.05) is 0 Å². The number of nitrogens with one attached hydrogen (secondary N) is 1. The van der Waals surface area contributed by atoms with Crippen molar-refractivity contribution in [3.05, 3.63) is 70.6 Å². The molecule has 3 aromatic rings. The summed E-state index contributed by atoms with van der Waals surface area (Å²) in [6, 6.07) is 10.0. The van der Waals surface area contributed by atoms with Gasteiger partial charge in [-0.05, 0) is 36.4 Å². The number of pyridine rings is 1. The average Bonchev–Trinajstić information content (AvgIpc) is 3.05. The van der Waals surface area contributed by atoms with Crippen molar-refractivity contribution in [2.45, 2.75) is 0 Å². The lowest BCUT2D eigenvalue weighted by molar-refractivity contribution is 0.102. The minimum atomic E-state index is -0.346. The number of amides is 1. The van der Waals surface area contributed by atoms with E-state index in [1.54, 1.807) is 53.6 Å². The molecule has 0 saturated carbocycles. The summed E-state index contributed by atoms with van der Waals surface area (Å²) >= 11 is 11.9. The molecule has 0 spiro atoms. The maximum atomic E-state index is 12.2. The van der Waals surface area contributed by atoms with Gasteiger partial charge in [-0.15, -0.1) is 0 Å². The highest BCUT2D eigenvalue weighted by atomic mass is 35.5. The minimum Gasteiger partial charge on any atom is -0.321 e. The van der Waals surface area contributed by atoms with E-state index < -0.39 is 0 Å². The molecule has 1 aromatic carbocycles. The molecule has 110 valence electrons. The van der Waals surface area contributed by atoms with E-state index in [0.717, 1.165) is 0 Å². The zero-order valence-electron chi connectivity index (χ0n) is 11.2. The summed E-state index contributed by atoms with van der Waals surface area (Å²) < 4.78 is 1.62. The first-order chi connectivity index (χ1) is 10.6. The monoisotopic (exact) mass is 332 g/mol. The Balaban J connectivity index is 1.78. The lowest BCUT2D eigenvalue weighted by atomic mass is 10.2. The molecule has 0 aliphatic carbocycles. The molecule has 1 amide bonds. The molecule has 22 heavy (non-hydrogen) atoms. The number of halogens is 2. The molecule has 3 rings (SSSR count). The summed E-state index contributed by atoms with van der Waals surface area (Å²) in [4.78, 5) is 16.4. The van der Waals surface area contributed by atoms with Gasteiger partial charge in [0.15, 0.2) is 5.82 Å². The van der Waals surface area contributed by atoms with Crippen molar-refractivity contribution < 1.29 is 4.79 Å². The second kappa shape index (κ2) is 6.17. The SMILES string of the molecule is O=C(Nc1ccc(-n2cccn2)nc1)c1cc(Cl)ccc1Cl. The number of hydrogen-bond acceptors (Lipinski definition) is 3. The minimum absolute atomic E-state index is 0.310. The zero-order valence-corrected chi connectivity index (χ0v) is 12.7. The molecule has 0 saturated heterocycles. The van der Waals surface area contributed by atoms with Crippen molar-refractivity contribution in [1.29, 1.82) is 0 Å². The summed E-state index contributed by atoms with van der Waals surface area (Å²) in [7, 11) is 0. The van der Waals surface area contributed by atoms with Crippen LogP contribution in [0.3, 0.4) is 0 Å². The van der Waals surface area contributed by atoms with Crippen LogP contribution in [-0.4, -0.2) is 20.7 Å².